The van der Waals surface area contributed by atoms with E-state index in [4.69, 9.17) is 5.73 Å². The molecule has 2 rings (SSSR count). The quantitative estimate of drug-likeness (QED) is 0.779. The molecular formula is C10H16N2S. The van der Waals surface area contributed by atoms with Gasteiger partial charge in [0.05, 0.1) is 0 Å². The van der Waals surface area contributed by atoms with Crippen LogP contribution in [0.25, 0.3) is 0 Å². The highest BCUT2D eigenvalue weighted by atomic mass is 32.1. The summed E-state index contributed by atoms with van der Waals surface area (Å²) in [6, 6.07) is 4.71. The van der Waals surface area contributed by atoms with Gasteiger partial charge < -0.3 is 5.73 Å². The average molecular weight is 196 g/mol. The van der Waals surface area contributed by atoms with Crippen LogP contribution in [0.15, 0.2) is 17.5 Å². The van der Waals surface area contributed by atoms with Crippen molar-refractivity contribution in [3.8, 4) is 0 Å². The van der Waals surface area contributed by atoms with Gasteiger partial charge in [-0.2, -0.15) is 0 Å². The van der Waals surface area contributed by atoms with Crippen LogP contribution in [0.3, 0.4) is 0 Å². The fourth-order valence-corrected chi connectivity index (χ4v) is 2.60. The number of thiophene rings is 1. The van der Waals surface area contributed by atoms with Crippen molar-refractivity contribution in [1.29, 1.82) is 0 Å². The molecular weight excluding hydrogens is 180 g/mol. The Labute approximate surface area is 83.4 Å². The number of likely N-dealkylation sites (tertiary alicyclic amines) is 1. The summed E-state index contributed by atoms with van der Waals surface area (Å²) in [4.78, 5) is 3.91. The lowest BCUT2D eigenvalue weighted by molar-refractivity contribution is 0.203. The lowest BCUT2D eigenvalue weighted by Gasteiger charge is -2.30. The van der Waals surface area contributed by atoms with E-state index < -0.39 is 0 Å². The molecule has 0 radical (unpaired) electrons. The summed E-state index contributed by atoms with van der Waals surface area (Å²) < 4.78 is 0. The molecule has 0 unspecified atom stereocenters. The topological polar surface area (TPSA) is 29.3 Å². The van der Waals surface area contributed by atoms with Gasteiger partial charge in [0.2, 0.25) is 0 Å². The predicted octanol–water partition coefficient (Wildman–Crippen LogP) is 1.67. The van der Waals surface area contributed by atoms with E-state index in [1.807, 2.05) is 11.3 Å². The molecule has 13 heavy (non-hydrogen) atoms. The molecule has 1 aromatic rings. The first kappa shape index (κ1) is 9.19. The zero-order valence-electron chi connectivity index (χ0n) is 7.78. The Morgan fingerprint density at radius 1 is 1.62 bits per heavy atom. The molecule has 3 heteroatoms. The van der Waals surface area contributed by atoms with Crippen LogP contribution in [0.5, 0.6) is 0 Å². The third-order valence-corrected chi connectivity index (χ3v) is 3.36. The number of hydrogen-bond acceptors (Lipinski definition) is 3. The van der Waals surface area contributed by atoms with Gasteiger partial charge in [-0.25, -0.2) is 0 Å². The average Bonchev–Trinajstić information content (AvgIpc) is 2.57. The molecule has 0 aliphatic carbocycles. The lowest BCUT2D eigenvalue weighted by Crippen LogP contribution is -2.42. The van der Waals surface area contributed by atoms with Gasteiger partial charge in [0.25, 0.3) is 0 Å². The van der Waals surface area contributed by atoms with E-state index >= 15 is 0 Å². The standard InChI is InChI=1S/C10H16N2S/c11-9-3-1-5-12(7-9)8-10-4-2-6-13-10/h2,4,6,9H,1,3,5,7-8,11H2/t9-/m0/s1. The Bertz CT molecular complexity index is 245. The fourth-order valence-electron chi connectivity index (χ4n) is 1.86. The first-order chi connectivity index (χ1) is 6.34. The van der Waals surface area contributed by atoms with Gasteiger partial charge in [-0.15, -0.1) is 11.3 Å². The first-order valence-electron chi connectivity index (χ1n) is 4.85. The Kier molecular flexibility index (Phi) is 2.98. The Morgan fingerprint density at radius 2 is 2.54 bits per heavy atom. The second-order valence-corrected chi connectivity index (χ2v) is 4.75. The molecule has 1 aliphatic rings. The molecule has 0 spiro atoms. The largest absolute Gasteiger partial charge is 0.327 e. The van der Waals surface area contributed by atoms with Crippen LogP contribution in [-0.4, -0.2) is 24.0 Å². The molecule has 0 amide bonds. The van der Waals surface area contributed by atoms with E-state index in [1.54, 1.807) is 0 Å². The number of piperidine rings is 1. The highest BCUT2D eigenvalue weighted by Gasteiger charge is 2.16. The highest BCUT2D eigenvalue weighted by Crippen LogP contribution is 2.15. The minimum absolute atomic E-state index is 0.397. The first-order valence-corrected chi connectivity index (χ1v) is 5.73. The summed E-state index contributed by atoms with van der Waals surface area (Å²) in [6.07, 6.45) is 2.45. The molecule has 0 bridgehead atoms. The normalized spacial score (nSPS) is 24.8. The van der Waals surface area contributed by atoms with E-state index in [2.05, 4.69) is 22.4 Å². The maximum Gasteiger partial charge on any atom is 0.0328 e. The zero-order chi connectivity index (χ0) is 9.10. The molecule has 0 saturated carbocycles. The number of nitrogens with zero attached hydrogens (tertiary/aromatic N) is 1. The summed E-state index contributed by atoms with van der Waals surface area (Å²) in [6.45, 7) is 3.37. The summed E-state index contributed by atoms with van der Waals surface area (Å²) in [5.41, 5.74) is 5.92. The van der Waals surface area contributed by atoms with Crippen LogP contribution in [0.4, 0.5) is 0 Å². The summed E-state index contributed by atoms with van der Waals surface area (Å²) in [7, 11) is 0. The van der Waals surface area contributed by atoms with Crippen molar-refractivity contribution < 1.29 is 0 Å². The van der Waals surface area contributed by atoms with Crippen LogP contribution in [0.1, 0.15) is 17.7 Å². The molecule has 2 nitrogen and oxygen atoms in total. The number of rotatable bonds is 2. The third kappa shape index (κ3) is 2.53. The van der Waals surface area contributed by atoms with Crippen molar-refractivity contribution in [2.75, 3.05) is 13.1 Å². The summed E-state index contributed by atoms with van der Waals surface area (Å²) in [5.74, 6) is 0. The van der Waals surface area contributed by atoms with Crippen molar-refractivity contribution in [3.63, 3.8) is 0 Å². The summed E-state index contributed by atoms with van der Waals surface area (Å²) >= 11 is 1.84. The monoisotopic (exact) mass is 196 g/mol. The molecule has 1 atom stereocenters. The second-order valence-electron chi connectivity index (χ2n) is 3.72. The van der Waals surface area contributed by atoms with Crippen LogP contribution in [-0.2, 0) is 6.54 Å². The zero-order valence-corrected chi connectivity index (χ0v) is 8.59. The van der Waals surface area contributed by atoms with Gasteiger partial charge in [-0.3, -0.25) is 4.90 Å². The van der Waals surface area contributed by atoms with Crippen LogP contribution in [0.2, 0.25) is 0 Å². The van der Waals surface area contributed by atoms with E-state index in [1.165, 1.54) is 24.3 Å². The van der Waals surface area contributed by atoms with E-state index in [0.29, 0.717) is 6.04 Å². The minimum Gasteiger partial charge on any atom is -0.327 e. The van der Waals surface area contributed by atoms with Crippen molar-refractivity contribution >= 4 is 11.3 Å². The molecule has 2 N–H and O–H groups in total. The molecule has 1 fully saturated rings. The van der Waals surface area contributed by atoms with Gasteiger partial charge in [-0.05, 0) is 30.8 Å². The molecule has 1 saturated heterocycles. The lowest BCUT2D eigenvalue weighted by atomic mass is 10.1. The molecule has 72 valence electrons. The van der Waals surface area contributed by atoms with Gasteiger partial charge in [0.15, 0.2) is 0 Å². The molecule has 1 aliphatic heterocycles. The van der Waals surface area contributed by atoms with Crippen molar-refractivity contribution in [1.82, 2.24) is 4.90 Å². The number of hydrogen-bond donors (Lipinski definition) is 1. The van der Waals surface area contributed by atoms with Crippen molar-refractivity contribution in [3.05, 3.63) is 22.4 Å². The Morgan fingerprint density at radius 3 is 3.23 bits per heavy atom. The minimum atomic E-state index is 0.397. The maximum absolute atomic E-state index is 5.92. The molecule has 0 aromatic carbocycles. The molecule has 2 heterocycles. The van der Waals surface area contributed by atoms with E-state index in [-0.39, 0.29) is 0 Å². The third-order valence-electron chi connectivity index (χ3n) is 2.50. The molecule has 1 aromatic heterocycles. The Balaban J connectivity index is 1.87. The van der Waals surface area contributed by atoms with Gasteiger partial charge in [0, 0.05) is 24.0 Å². The maximum atomic E-state index is 5.92. The number of nitrogens with two attached hydrogens (primary N) is 1. The van der Waals surface area contributed by atoms with E-state index in [0.717, 1.165) is 13.1 Å². The second kappa shape index (κ2) is 4.22. The van der Waals surface area contributed by atoms with Crippen molar-refractivity contribution in [2.24, 2.45) is 5.73 Å². The SMILES string of the molecule is N[C@H]1CCCN(Cc2cccs2)C1. The Hall–Kier alpha value is -0.380. The van der Waals surface area contributed by atoms with Gasteiger partial charge in [-0.1, -0.05) is 6.07 Å². The van der Waals surface area contributed by atoms with Crippen LogP contribution >= 0.6 is 11.3 Å². The van der Waals surface area contributed by atoms with Gasteiger partial charge in [0.1, 0.15) is 0 Å². The summed E-state index contributed by atoms with van der Waals surface area (Å²) in [5, 5.41) is 2.14. The van der Waals surface area contributed by atoms with E-state index in [9.17, 15) is 0 Å². The smallest absolute Gasteiger partial charge is 0.0328 e. The predicted molar refractivity (Wildman–Crippen MR) is 56.8 cm³/mol. The fraction of sp³-hybridized carbons (Fsp3) is 0.600. The van der Waals surface area contributed by atoms with Crippen LogP contribution < -0.4 is 5.73 Å². The van der Waals surface area contributed by atoms with Gasteiger partial charge >= 0.3 is 0 Å². The highest BCUT2D eigenvalue weighted by molar-refractivity contribution is 7.09. The van der Waals surface area contributed by atoms with Crippen molar-refractivity contribution in [2.45, 2.75) is 25.4 Å². The van der Waals surface area contributed by atoms with Crippen LogP contribution in [0, 0.1) is 0 Å².